The number of benzene rings is 3. The van der Waals surface area contributed by atoms with Gasteiger partial charge in [-0.1, -0.05) is 77.2 Å². The number of carbonyl (C=O) groups excluding carboxylic acids is 2. The average molecular weight is 549 g/mol. The van der Waals surface area contributed by atoms with Gasteiger partial charge in [-0.25, -0.2) is 4.90 Å². The number of aromatic amines is 1. The highest BCUT2D eigenvalue weighted by Crippen LogP contribution is 2.54. The van der Waals surface area contributed by atoms with Crippen molar-refractivity contribution in [1.29, 1.82) is 0 Å². The predicted molar refractivity (Wildman–Crippen MR) is 146 cm³/mol. The van der Waals surface area contributed by atoms with Gasteiger partial charge < -0.3 is 9.72 Å². The first-order valence-electron chi connectivity index (χ1n) is 11.7. The second-order valence-electron chi connectivity index (χ2n) is 8.99. The number of halogens is 1. The molecule has 1 aromatic heterocycles. The van der Waals surface area contributed by atoms with Crippen LogP contribution in [0.3, 0.4) is 0 Å². The molecule has 186 valence electrons. The van der Waals surface area contributed by atoms with Crippen molar-refractivity contribution in [3.8, 4) is 5.75 Å². The van der Waals surface area contributed by atoms with E-state index in [0.29, 0.717) is 28.1 Å². The first kappa shape index (κ1) is 24.0. The monoisotopic (exact) mass is 548 g/mol. The Morgan fingerprint density at radius 3 is 2.46 bits per heavy atom. The summed E-state index contributed by atoms with van der Waals surface area (Å²) in [5.41, 5.74) is 3.44. The van der Waals surface area contributed by atoms with Gasteiger partial charge >= 0.3 is 4.87 Å². The van der Waals surface area contributed by atoms with E-state index < -0.39 is 17.1 Å². The van der Waals surface area contributed by atoms with Crippen molar-refractivity contribution in [3.05, 3.63) is 109 Å². The van der Waals surface area contributed by atoms with Crippen LogP contribution >= 0.6 is 34.7 Å². The van der Waals surface area contributed by atoms with Gasteiger partial charge in [-0.05, 0) is 48.4 Å². The van der Waals surface area contributed by atoms with Gasteiger partial charge in [0.15, 0.2) is 0 Å². The lowest BCUT2D eigenvalue weighted by molar-refractivity contribution is -0.122. The Hall–Kier alpha value is -3.33. The number of carbonyl (C=O) groups is 2. The fourth-order valence-corrected chi connectivity index (χ4v) is 7.63. The maximum atomic E-state index is 13.9. The average Bonchev–Trinajstić information content (AvgIpc) is 3.39. The molecule has 2 amide bonds. The fourth-order valence-electron chi connectivity index (χ4n) is 4.99. The van der Waals surface area contributed by atoms with Gasteiger partial charge in [0.2, 0.25) is 11.8 Å². The Balaban J connectivity index is 1.43. The van der Waals surface area contributed by atoms with Crippen LogP contribution in [-0.4, -0.2) is 22.0 Å². The topological polar surface area (TPSA) is 79.5 Å². The molecule has 9 heteroatoms. The number of para-hydroxylation sites is 1. The molecule has 6 rings (SSSR count). The van der Waals surface area contributed by atoms with Gasteiger partial charge in [0.05, 0.1) is 16.6 Å². The molecule has 3 unspecified atom stereocenters. The summed E-state index contributed by atoms with van der Waals surface area (Å²) in [4.78, 5) is 44.6. The van der Waals surface area contributed by atoms with E-state index >= 15 is 0 Å². The second kappa shape index (κ2) is 9.52. The van der Waals surface area contributed by atoms with Gasteiger partial charge in [-0.15, -0.1) is 0 Å². The minimum Gasteiger partial charge on any atom is -0.489 e. The summed E-state index contributed by atoms with van der Waals surface area (Å²) in [6.07, 6.45) is 0. The van der Waals surface area contributed by atoms with Gasteiger partial charge in [-0.3, -0.25) is 14.4 Å². The summed E-state index contributed by atoms with van der Waals surface area (Å²) in [6.45, 7) is 2.39. The maximum Gasteiger partial charge on any atom is 0.305 e. The number of imide groups is 1. The molecule has 1 saturated heterocycles. The molecule has 0 aliphatic carbocycles. The van der Waals surface area contributed by atoms with Crippen LogP contribution < -0.4 is 14.5 Å². The Bertz CT molecular complexity index is 1580. The molecule has 0 spiro atoms. The second-order valence-corrected chi connectivity index (χ2v) is 11.6. The minimum atomic E-state index is -0.685. The van der Waals surface area contributed by atoms with Crippen LogP contribution in [0, 0.1) is 12.8 Å². The molecule has 1 fully saturated rings. The molecule has 3 atom stereocenters. The minimum absolute atomic E-state index is 0.213. The summed E-state index contributed by atoms with van der Waals surface area (Å²) in [5.74, 6) is -1.17. The maximum absolute atomic E-state index is 13.9. The van der Waals surface area contributed by atoms with Crippen molar-refractivity contribution in [2.75, 3.05) is 4.90 Å². The number of nitrogens with zero attached hydrogens (tertiary/aromatic N) is 1. The number of hydrogen-bond donors (Lipinski definition) is 1. The lowest BCUT2D eigenvalue weighted by atomic mass is 9.82. The first-order chi connectivity index (χ1) is 17.9. The molecule has 3 heterocycles. The molecule has 2 aliphatic heterocycles. The summed E-state index contributed by atoms with van der Waals surface area (Å²) in [5, 5.41) is 0.483. The van der Waals surface area contributed by atoms with Crippen molar-refractivity contribution in [3.63, 3.8) is 0 Å². The van der Waals surface area contributed by atoms with Crippen molar-refractivity contribution < 1.29 is 14.3 Å². The highest BCUT2D eigenvalue weighted by atomic mass is 35.5. The van der Waals surface area contributed by atoms with E-state index in [0.717, 1.165) is 32.9 Å². The highest BCUT2D eigenvalue weighted by molar-refractivity contribution is 8.00. The van der Waals surface area contributed by atoms with Crippen LogP contribution in [0.15, 0.2) is 82.6 Å². The number of aromatic nitrogens is 1. The third-order valence-electron chi connectivity index (χ3n) is 6.81. The number of anilines is 1. The third-order valence-corrected chi connectivity index (χ3v) is 9.46. The summed E-state index contributed by atoms with van der Waals surface area (Å²) >= 11 is 8.38. The van der Waals surface area contributed by atoms with Crippen molar-refractivity contribution in [2.45, 2.75) is 29.7 Å². The summed E-state index contributed by atoms with van der Waals surface area (Å²) < 4.78 is 6.30. The van der Waals surface area contributed by atoms with Crippen LogP contribution in [0.4, 0.5) is 5.69 Å². The van der Waals surface area contributed by atoms with E-state index in [1.54, 1.807) is 24.3 Å². The Morgan fingerprint density at radius 1 is 0.946 bits per heavy atom. The van der Waals surface area contributed by atoms with E-state index in [1.807, 2.05) is 55.5 Å². The number of nitrogens with one attached hydrogen (secondary N) is 1. The van der Waals surface area contributed by atoms with Gasteiger partial charge in [-0.2, -0.15) is 0 Å². The zero-order valence-electron chi connectivity index (χ0n) is 19.6. The molecule has 2 aliphatic rings. The lowest BCUT2D eigenvalue weighted by Crippen LogP contribution is -2.32. The van der Waals surface area contributed by atoms with Gasteiger partial charge in [0, 0.05) is 21.4 Å². The molecule has 3 aromatic carbocycles. The summed E-state index contributed by atoms with van der Waals surface area (Å²) in [6, 6.07) is 22.2. The number of thiazole rings is 1. The fraction of sp³-hybridized carbons (Fsp3) is 0.179. The molecule has 4 aromatic rings. The molecular formula is C28H21ClN2O4S2. The number of aryl methyl sites for hydroxylation is 1. The lowest BCUT2D eigenvalue weighted by Gasteiger charge is -2.30. The van der Waals surface area contributed by atoms with Gasteiger partial charge in [0.1, 0.15) is 17.6 Å². The number of hydrogen-bond acceptors (Lipinski definition) is 6. The van der Waals surface area contributed by atoms with Crippen molar-refractivity contribution in [1.82, 2.24) is 4.98 Å². The predicted octanol–water partition coefficient (Wildman–Crippen LogP) is 5.77. The van der Waals surface area contributed by atoms with Crippen LogP contribution in [0.25, 0.3) is 0 Å². The van der Waals surface area contributed by atoms with E-state index in [9.17, 15) is 14.4 Å². The normalized spacial score (nSPS) is 20.6. The zero-order chi connectivity index (χ0) is 25.7. The number of amides is 2. The molecule has 6 nitrogen and oxygen atoms in total. The largest absolute Gasteiger partial charge is 0.489 e. The van der Waals surface area contributed by atoms with E-state index in [-0.39, 0.29) is 16.7 Å². The number of ether oxygens (including phenoxy) is 1. The van der Waals surface area contributed by atoms with Crippen molar-refractivity contribution in [2.24, 2.45) is 5.92 Å². The Kier molecular flexibility index (Phi) is 6.18. The molecule has 0 saturated carbocycles. The first-order valence-corrected chi connectivity index (χ1v) is 13.8. The third kappa shape index (κ3) is 4.19. The molecule has 1 N–H and O–H groups in total. The number of rotatable bonds is 5. The number of H-pyrrole nitrogens is 1. The molecule has 37 heavy (non-hydrogen) atoms. The molecule has 0 bridgehead atoms. The van der Waals surface area contributed by atoms with Crippen LogP contribution in [-0.2, 0) is 16.2 Å². The molecular weight excluding hydrogens is 528 g/mol. The highest BCUT2D eigenvalue weighted by Gasteiger charge is 2.56. The van der Waals surface area contributed by atoms with E-state index in [1.165, 1.54) is 16.7 Å². The molecule has 0 radical (unpaired) electrons. The van der Waals surface area contributed by atoms with E-state index in [4.69, 9.17) is 16.3 Å². The smallest absolute Gasteiger partial charge is 0.305 e. The number of fused-ring (bicyclic) bond motifs is 2. The van der Waals surface area contributed by atoms with Crippen molar-refractivity contribution >= 4 is 52.2 Å². The van der Waals surface area contributed by atoms with Crippen LogP contribution in [0.2, 0.25) is 5.02 Å². The number of thioether (sulfide) groups is 1. The van der Waals surface area contributed by atoms with Crippen LogP contribution in [0.1, 0.15) is 27.5 Å². The quantitative estimate of drug-likeness (QED) is 0.320. The standard InChI is InChI=1S/C28H21ClN2O4S2/c1-15-6-2-3-7-16(15)14-35-20-9-5-4-8-19(20)21-22-24(36-25-23(21)37-28(34)30-25)27(33)31(26(22)32)18-12-10-17(29)11-13-18/h2-13,21-22,24H,14H2,1H3,(H,30,34). The van der Waals surface area contributed by atoms with E-state index in [2.05, 4.69) is 4.98 Å². The van der Waals surface area contributed by atoms with Crippen LogP contribution in [0.5, 0.6) is 5.75 Å². The summed E-state index contributed by atoms with van der Waals surface area (Å²) in [7, 11) is 0. The Labute approximate surface area is 226 Å². The van der Waals surface area contributed by atoms with Gasteiger partial charge in [0.25, 0.3) is 0 Å². The SMILES string of the molecule is Cc1ccccc1COc1ccccc1C1c2sc(=O)[nH]c2SC2C(=O)N(c3ccc(Cl)cc3)C(=O)C21. The zero-order valence-corrected chi connectivity index (χ0v) is 22.0. The Morgan fingerprint density at radius 2 is 1.68 bits per heavy atom.